The quantitative estimate of drug-likeness (QED) is 0.852. The first kappa shape index (κ1) is 13.8. The van der Waals surface area contributed by atoms with Gasteiger partial charge in [-0.1, -0.05) is 12.8 Å². The molecule has 3 N–H and O–H groups in total. The molecule has 1 saturated heterocycles. The second-order valence-corrected chi connectivity index (χ2v) is 5.70. The van der Waals surface area contributed by atoms with Gasteiger partial charge in [0, 0.05) is 18.4 Å². The number of carboxylic acid groups (broad SMARTS) is 1. The summed E-state index contributed by atoms with van der Waals surface area (Å²) >= 11 is 0. The van der Waals surface area contributed by atoms with Crippen molar-refractivity contribution in [1.82, 2.24) is 9.97 Å². The molecule has 112 valence electrons. The lowest BCUT2D eigenvalue weighted by Crippen LogP contribution is -2.44. The largest absolute Gasteiger partial charge is 0.480 e. The summed E-state index contributed by atoms with van der Waals surface area (Å²) in [7, 11) is 0. The van der Waals surface area contributed by atoms with Gasteiger partial charge in [-0.15, -0.1) is 0 Å². The molecule has 7 nitrogen and oxygen atoms in total. The topological polar surface area (TPSA) is 109 Å². The number of aliphatic carboxylic acids is 1. The van der Waals surface area contributed by atoms with E-state index in [1.807, 2.05) is 0 Å². The van der Waals surface area contributed by atoms with Gasteiger partial charge in [0.15, 0.2) is 11.5 Å². The number of hydrogen-bond acceptors (Lipinski definition) is 5. The monoisotopic (exact) mass is 290 g/mol. The van der Waals surface area contributed by atoms with Gasteiger partial charge < -0.3 is 15.7 Å². The number of nitrogens with zero attached hydrogens (tertiary/aromatic N) is 3. The van der Waals surface area contributed by atoms with Gasteiger partial charge in [0.05, 0.1) is 0 Å². The number of anilines is 1. The van der Waals surface area contributed by atoms with Crippen LogP contribution in [0, 0.1) is 5.92 Å². The number of aromatic nitrogens is 2. The molecule has 2 heterocycles. The molecule has 0 radical (unpaired) electrons. The van der Waals surface area contributed by atoms with E-state index in [9.17, 15) is 14.7 Å². The molecule has 21 heavy (non-hydrogen) atoms. The van der Waals surface area contributed by atoms with E-state index in [1.54, 1.807) is 4.90 Å². The van der Waals surface area contributed by atoms with Crippen LogP contribution in [0.5, 0.6) is 0 Å². The van der Waals surface area contributed by atoms with Gasteiger partial charge in [-0.2, -0.15) is 0 Å². The first-order valence-corrected chi connectivity index (χ1v) is 7.21. The molecule has 2 aliphatic rings. The van der Waals surface area contributed by atoms with E-state index in [4.69, 9.17) is 5.73 Å². The summed E-state index contributed by atoms with van der Waals surface area (Å²) in [6, 6.07) is -0.553. The van der Waals surface area contributed by atoms with Crippen LogP contribution in [0.1, 0.15) is 42.6 Å². The highest BCUT2D eigenvalue weighted by Gasteiger charge is 2.46. The Kier molecular flexibility index (Phi) is 3.48. The fourth-order valence-electron chi connectivity index (χ4n) is 3.68. The lowest BCUT2D eigenvalue weighted by Gasteiger charge is -2.34. The molecular formula is C14H18N4O3. The van der Waals surface area contributed by atoms with Gasteiger partial charge in [-0.25, -0.2) is 14.8 Å². The maximum absolute atomic E-state index is 11.6. The Balaban J connectivity index is 2.04. The second-order valence-electron chi connectivity index (χ2n) is 5.70. The molecule has 7 heteroatoms. The summed E-state index contributed by atoms with van der Waals surface area (Å²) in [5, 5.41) is 9.52. The van der Waals surface area contributed by atoms with E-state index in [0.29, 0.717) is 18.2 Å². The molecule has 3 atom stereocenters. The van der Waals surface area contributed by atoms with Crippen LogP contribution in [0.15, 0.2) is 12.4 Å². The van der Waals surface area contributed by atoms with Crippen molar-refractivity contribution < 1.29 is 14.7 Å². The molecule has 1 amide bonds. The molecule has 1 aliphatic carbocycles. The molecule has 1 saturated carbocycles. The lowest BCUT2D eigenvalue weighted by atomic mass is 9.85. The Morgan fingerprint density at radius 1 is 1.24 bits per heavy atom. The number of carboxylic acids is 1. The van der Waals surface area contributed by atoms with Crippen molar-refractivity contribution in [3.63, 3.8) is 0 Å². The zero-order chi connectivity index (χ0) is 15.0. The Morgan fingerprint density at radius 2 is 1.95 bits per heavy atom. The summed E-state index contributed by atoms with van der Waals surface area (Å²) in [5.41, 5.74) is 5.41. The molecule has 2 fully saturated rings. The van der Waals surface area contributed by atoms with E-state index in [0.717, 1.165) is 25.7 Å². The minimum atomic E-state index is -0.884. The first-order valence-electron chi connectivity index (χ1n) is 7.21. The van der Waals surface area contributed by atoms with E-state index in [-0.39, 0.29) is 11.7 Å². The van der Waals surface area contributed by atoms with Gasteiger partial charge >= 0.3 is 5.97 Å². The predicted octanol–water partition coefficient (Wildman–Crippen LogP) is 0.798. The van der Waals surface area contributed by atoms with E-state index >= 15 is 0 Å². The SMILES string of the molecule is NC(=O)c1nccnc1N1C(C(=O)O)CC2CCCCC21. The molecule has 1 aromatic heterocycles. The minimum Gasteiger partial charge on any atom is -0.480 e. The Labute approximate surface area is 122 Å². The van der Waals surface area contributed by atoms with Gasteiger partial charge in [0.1, 0.15) is 6.04 Å². The summed E-state index contributed by atoms with van der Waals surface area (Å²) < 4.78 is 0. The zero-order valence-electron chi connectivity index (χ0n) is 11.6. The van der Waals surface area contributed by atoms with Gasteiger partial charge in [0.25, 0.3) is 5.91 Å². The molecule has 1 aliphatic heterocycles. The van der Waals surface area contributed by atoms with Crippen LogP contribution in [-0.4, -0.2) is 39.0 Å². The number of rotatable bonds is 3. The van der Waals surface area contributed by atoms with Crippen molar-refractivity contribution in [2.75, 3.05) is 4.90 Å². The molecule has 0 spiro atoms. The Hall–Kier alpha value is -2.18. The predicted molar refractivity (Wildman–Crippen MR) is 74.8 cm³/mol. The van der Waals surface area contributed by atoms with Crippen LogP contribution in [0.2, 0.25) is 0 Å². The van der Waals surface area contributed by atoms with Crippen LogP contribution in [0.25, 0.3) is 0 Å². The number of nitrogens with two attached hydrogens (primary N) is 1. The van der Waals surface area contributed by atoms with Gasteiger partial charge in [-0.05, 0) is 25.2 Å². The molecule has 3 rings (SSSR count). The van der Waals surface area contributed by atoms with Crippen LogP contribution < -0.4 is 10.6 Å². The van der Waals surface area contributed by atoms with Crippen molar-refractivity contribution >= 4 is 17.7 Å². The molecule has 0 aromatic carbocycles. The average Bonchev–Trinajstić information content (AvgIpc) is 2.86. The smallest absolute Gasteiger partial charge is 0.326 e. The van der Waals surface area contributed by atoms with Crippen LogP contribution in [-0.2, 0) is 4.79 Å². The van der Waals surface area contributed by atoms with E-state index in [2.05, 4.69) is 9.97 Å². The highest BCUT2D eigenvalue weighted by molar-refractivity contribution is 5.96. The van der Waals surface area contributed by atoms with Crippen molar-refractivity contribution in [1.29, 1.82) is 0 Å². The van der Waals surface area contributed by atoms with Crippen molar-refractivity contribution in [3.05, 3.63) is 18.1 Å². The second kappa shape index (κ2) is 5.31. The van der Waals surface area contributed by atoms with Crippen LogP contribution in [0.3, 0.4) is 0 Å². The molecule has 0 bridgehead atoms. The van der Waals surface area contributed by atoms with Crippen LogP contribution >= 0.6 is 0 Å². The normalized spacial score (nSPS) is 28.2. The summed E-state index contributed by atoms with van der Waals surface area (Å²) in [4.78, 5) is 33.1. The van der Waals surface area contributed by atoms with Crippen molar-refractivity contribution in [3.8, 4) is 0 Å². The maximum atomic E-state index is 11.6. The van der Waals surface area contributed by atoms with Crippen LogP contribution in [0.4, 0.5) is 5.82 Å². The number of primary amides is 1. The highest BCUT2D eigenvalue weighted by Crippen LogP contribution is 2.42. The summed E-state index contributed by atoms with van der Waals surface area (Å²) in [6.07, 6.45) is 7.60. The fraction of sp³-hybridized carbons (Fsp3) is 0.571. The van der Waals surface area contributed by atoms with E-state index in [1.165, 1.54) is 12.4 Å². The fourth-order valence-corrected chi connectivity index (χ4v) is 3.68. The number of carbonyl (C=O) groups is 2. The maximum Gasteiger partial charge on any atom is 0.326 e. The van der Waals surface area contributed by atoms with Crippen molar-refractivity contribution in [2.24, 2.45) is 11.7 Å². The number of amides is 1. The highest BCUT2D eigenvalue weighted by atomic mass is 16.4. The average molecular weight is 290 g/mol. The third kappa shape index (κ3) is 2.32. The standard InChI is InChI=1S/C14H18N4O3/c15-12(19)11-13(17-6-5-16-11)18-9-4-2-1-3-8(9)7-10(18)14(20)21/h5-6,8-10H,1-4,7H2,(H2,15,19)(H,20,21). The van der Waals surface area contributed by atoms with Gasteiger partial charge in [-0.3, -0.25) is 4.79 Å². The summed E-state index contributed by atoms with van der Waals surface area (Å²) in [6.45, 7) is 0. The van der Waals surface area contributed by atoms with E-state index < -0.39 is 17.9 Å². The Bertz CT molecular complexity index is 577. The lowest BCUT2D eigenvalue weighted by molar-refractivity contribution is -0.138. The third-order valence-electron chi connectivity index (χ3n) is 4.53. The molecule has 3 unspecified atom stereocenters. The number of hydrogen-bond donors (Lipinski definition) is 2. The zero-order valence-corrected chi connectivity index (χ0v) is 11.6. The number of carbonyl (C=O) groups excluding carboxylic acids is 1. The molecule has 1 aromatic rings. The minimum absolute atomic E-state index is 0.0509. The third-order valence-corrected chi connectivity index (χ3v) is 4.53. The van der Waals surface area contributed by atoms with Gasteiger partial charge in [0.2, 0.25) is 0 Å². The number of fused-ring (bicyclic) bond motifs is 1. The Morgan fingerprint density at radius 3 is 2.67 bits per heavy atom. The van der Waals surface area contributed by atoms with Crippen molar-refractivity contribution in [2.45, 2.75) is 44.2 Å². The molecular weight excluding hydrogens is 272 g/mol. The first-order chi connectivity index (χ1) is 10.1. The summed E-state index contributed by atoms with van der Waals surface area (Å²) in [5.74, 6) is -0.915.